The molecule has 1 aliphatic heterocycles. The molecule has 18 heavy (non-hydrogen) atoms. The number of hydrogen-bond acceptors (Lipinski definition) is 4. The normalized spacial score (nSPS) is 14.6. The highest BCUT2D eigenvalue weighted by atomic mass is 16.2. The number of rotatable bonds is 5. The SMILES string of the molecule is CCCCCc1nnccc1N1C(=O)C=CC1=O. The van der Waals surface area contributed by atoms with Gasteiger partial charge < -0.3 is 0 Å². The van der Waals surface area contributed by atoms with Gasteiger partial charge in [-0.25, -0.2) is 4.90 Å². The van der Waals surface area contributed by atoms with Crippen molar-refractivity contribution in [3.63, 3.8) is 0 Å². The number of aromatic nitrogens is 2. The van der Waals surface area contributed by atoms with Crippen molar-refractivity contribution in [2.75, 3.05) is 4.90 Å². The molecule has 5 heteroatoms. The lowest BCUT2D eigenvalue weighted by atomic mass is 10.1. The van der Waals surface area contributed by atoms with Gasteiger partial charge in [0.2, 0.25) is 0 Å². The van der Waals surface area contributed by atoms with Crippen LogP contribution in [0.4, 0.5) is 5.69 Å². The third kappa shape index (κ3) is 2.45. The highest BCUT2D eigenvalue weighted by Gasteiger charge is 2.27. The van der Waals surface area contributed by atoms with Crippen LogP contribution in [0.15, 0.2) is 24.4 Å². The van der Waals surface area contributed by atoms with Gasteiger partial charge in [0.05, 0.1) is 17.6 Å². The summed E-state index contributed by atoms with van der Waals surface area (Å²) in [6.45, 7) is 2.12. The van der Waals surface area contributed by atoms with E-state index in [1.807, 2.05) is 0 Å². The van der Waals surface area contributed by atoms with Crippen molar-refractivity contribution in [1.29, 1.82) is 0 Å². The van der Waals surface area contributed by atoms with E-state index in [0.717, 1.165) is 30.6 Å². The van der Waals surface area contributed by atoms with Crippen molar-refractivity contribution in [1.82, 2.24) is 10.2 Å². The molecule has 0 N–H and O–H groups in total. The van der Waals surface area contributed by atoms with Crippen molar-refractivity contribution < 1.29 is 9.59 Å². The van der Waals surface area contributed by atoms with Crippen LogP contribution in [0.5, 0.6) is 0 Å². The minimum absolute atomic E-state index is 0.315. The Bertz CT molecular complexity index is 479. The van der Waals surface area contributed by atoms with Gasteiger partial charge in [0, 0.05) is 12.2 Å². The summed E-state index contributed by atoms with van der Waals surface area (Å²) in [7, 11) is 0. The van der Waals surface area contributed by atoms with Gasteiger partial charge in [-0.15, -0.1) is 0 Å². The van der Waals surface area contributed by atoms with E-state index >= 15 is 0 Å². The number of unbranched alkanes of at least 4 members (excludes halogenated alkanes) is 2. The molecule has 2 heterocycles. The fourth-order valence-corrected chi connectivity index (χ4v) is 1.92. The Balaban J connectivity index is 2.22. The topological polar surface area (TPSA) is 63.2 Å². The zero-order chi connectivity index (χ0) is 13.0. The zero-order valence-corrected chi connectivity index (χ0v) is 10.3. The molecule has 0 aliphatic carbocycles. The van der Waals surface area contributed by atoms with Crippen molar-refractivity contribution in [2.24, 2.45) is 0 Å². The fourth-order valence-electron chi connectivity index (χ4n) is 1.92. The molecule has 1 aromatic rings. The van der Waals surface area contributed by atoms with E-state index in [1.54, 1.807) is 6.07 Å². The Labute approximate surface area is 106 Å². The molecule has 0 bridgehead atoms. The summed E-state index contributed by atoms with van der Waals surface area (Å²) < 4.78 is 0. The number of anilines is 1. The van der Waals surface area contributed by atoms with Crippen LogP contribution in [-0.2, 0) is 16.0 Å². The second-order valence-electron chi connectivity index (χ2n) is 4.17. The lowest BCUT2D eigenvalue weighted by Crippen LogP contribution is -2.30. The Morgan fingerprint density at radius 3 is 2.56 bits per heavy atom. The van der Waals surface area contributed by atoms with E-state index in [-0.39, 0.29) is 11.8 Å². The molecule has 0 unspecified atom stereocenters. The van der Waals surface area contributed by atoms with Crippen LogP contribution >= 0.6 is 0 Å². The van der Waals surface area contributed by atoms with Gasteiger partial charge in [-0.1, -0.05) is 19.8 Å². The molecule has 0 fully saturated rings. The Hall–Kier alpha value is -2.04. The summed E-state index contributed by atoms with van der Waals surface area (Å²) in [5, 5.41) is 7.87. The van der Waals surface area contributed by atoms with Crippen molar-refractivity contribution in [3.05, 3.63) is 30.1 Å². The summed E-state index contributed by atoms with van der Waals surface area (Å²) in [5.41, 5.74) is 1.26. The molecule has 5 nitrogen and oxygen atoms in total. The molecule has 2 rings (SSSR count). The molecular formula is C13H15N3O2. The summed E-state index contributed by atoms with van der Waals surface area (Å²) in [6.07, 6.45) is 7.96. The second-order valence-corrected chi connectivity index (χ2v) is 4.17. The monoisotopic (exact) mass is 245 g/mol. The van der Waals surface area contributed by atoms with Crippen molar-refractivity contribution >= 4 is 17.5 Å². The maximum atomic E-state index is 11.6. The molecule has 0 atom stereocenters. The average Bonchev–Trinajstić information content (AvgIpc) is 2.70. The van der Waals surface area contributed by atoms with E-state index < -0.39 is 0 Å². The first-order valence-electron chi connectivity index (χ1n) is 6.10. The maximum Gasteiger partial charge on any atom is 0.258 e. The number of nitrogens with zero attached hydrogens (tertiary/aromatic N) is 3. The molecule has 0 spiro atoms. The van der Waals surface area contributed by atoms with E-state index in [4.69, 9.17) is 0 Å². The number of amides is 2. The van der Waals surface area contributed by atoms with Gasteiger partial charge in [-0.05, 0) is 18.9 Å². The van der Waals surface area contributed by atoms with Crippen molar-refractivity contribution in [3.8, 4) is 0 Å². The molecule has 0 radical (unpaired) electrons. The summed E-state index contributed by atoms with van der Waals surface area (Å²) >= 11 is 0. The Morgan fingerprint density at radius 1 is 1.17 bits per heavy atom. The van der Waals surface area contributed by atoms with Crippen LogP contribution in [0, 0.1) is 0 Å². The zero-order valence-electron chi connectivity index (χ0n) is 10.3. The second kappa shape index (κ2) is 5.53. The summed E-state index contributed by atoms with van der Waals surface area (Å²) in [5.74, 6) is -0.630. The molecule has 1 aromatic heterocycles. The first-order chi connectivity index (χ1) is 8.74. The van der Waals surface area contributed by atoms with Crippen LogP contribution in [0.2, 0.25) is 0 Å². The number of aryl methyl sites for hydroxylation is 1. The molecule has 94 valence electrons. The third-order valence-electron chi connectivity index (χ3n) is 2.84. The quantitative estimate of drug-likeness (QED) is 0.584. The number of imide groups is 1. The summed E-state index contributed by atoms with van der Waals surface area (Å²) in [4.78, 5) is 24.4. The van der Waals surface area contributed by atoms with Crippen molar-refractivity contribution in [2.45, 2.75) is 32.6 Å². The molecular weight excluding hydrogens is 230 g/mol. The minimum atomic E-state index is -0.315. The van der Waals surface area contributed by atoms with E-state index in [9.17, 15) is 9.59 Å². The third-order valence-corrected chi connectivity index (χ3v) is 2.84. The molecule has 2 amide bonds. The van der Waals surface area contributed by atoms with Gasteiger partial charge in [-0.3, -0.25) is 9.59 Å². The van der Waals surface area contributed by atoms with Crippen LogP contribution in [0.1, 0.15) is 31.9 Å². The maximum absolute atomic E-state index is 11.6. The minimum Gasteiger partial charge on any atom is -0.269 e. The molecule has 1 aliphatic rings. The van der Waals surface area contributed by atoms with Gasteiger partial charge >= 0.3 is 0 Å². The van der Waals surface area contributed by atoms with Gasteiger partial charge in [-0.2, -0.15) is 10.2 Å². The lowest BCUT2D eigenvalue weighted by molar-refractivity contribution is -0.120. The number of carbonyl (C=O) groups excluding carboxylic acids is 2. The van der Waals surface area contributed by atoms with E-state index in [0.29, 0.717) is 11.4 Å². The largest absolute Gasteiger partial charge is 0.269 e. The molecule has 0 aromatic carbocycles. The number of hydrogen-bond donors (Lipinski definition) is 0. The van der Waals surface area contributed by atoms with Crippen LogP contribution in [0.25, 0.3) is 0 Å². The lowest BCUT2D eigenvalue weighted by Gasteiger charge is -2.16. The van der Waals surface area contributed by atoms with Gasteiger partial charge in [0.15, 0.2) is 0 Å². The summed E-state index contributed by atoms with van der Waals surface area (Å²) in [6, 6.07) is 1.66. The van der Waals surface area contributed by atoms with Crippen LogP contribution < -0.4 is 4.90 Å². The highest BCUT2D eigenvalue weighted by Crippen LogP contribution is 2.22. The number of carbonyl (C=O) groups is 2. The smallest absolute Gasteiger partial charge is 0.258 e. The predicted molar refractivity (Wildman–Crippen MR) is 66.9 cm³/mol. The Morgan fingerprint density at radius 2 is 1.89 bits per heavy atom. The predicted octanol–water partition coefficient (Wildman–Crippen LogP) is 1.64. The average molecular weight is 245 g/mol. The fraction of sp³-hybridized carbons (Fsp3) is 0.385. The van der Waals surface area contributed by atoms with Crippen LogP contribution in [-0.4, -0.2) is 22.0 Å². The molecule has 0 saturated heterocycles. The van der Waals surface area contributed by atoms with Crippen LogP contribution in [0.3, 0.4) is 0 Å². The highest BCUT2D eigenvalue weighted by molar-refractivity contribution is 6.28. The first-order valence-corrected chi connectivity index (χ1v) is 6.10. The Kier molecular flexibility index (Phi) is 3.82. The van der Waals surface area contributed by atoms with Gasteiger partial charge in [0.25, 0.3) is 11.8 Å². The van der Waals surface area contributed by atoms with Gasteiger partial charge in [0.1, 0.15) is 0 Å². The van der Waals surface area contributed by atoms with E-state index in [1.165, 1.54) is 18.3 Å². The van der Waals surface area contributed by atoms with E-state index in [2.05, 4.69) is 17.1 Å². The first kappa shape index (κ1) is 12.4. The standard InChI is InChI=1S/C13H15N3O2/c1-2-3-4-5-10-11(8-9-14-15-10)16-12(17)6-7-13(16)18/h6-9H,2-5H2,1H3. The molecule has 0 saturated carbocycles.